The molecule has 0 aliphatic heterocycles. The van der Waals surface area contributed by atoms with Gasteiger partial charge in [0.2, 0.25) is 11.8 Å². The average molecular weight is 731 g/mol. The van der Waals surface area contributed by atoms with Crippen molar-refractivity contribution < 1.29 is 22.7 Å². The fourth-order valence-electron chi connectivity index (χ4n) is 5.02. The number of nitrogens with zero attached hydrogens (tertiary/aromatic N) is 2. The molecule has 0 heterocycles. The summed E-state index contributed by atoms with van der Waals surface area (Å²) in [6, 6.07) is 25.4. The Kier molecular flexibility index (Phi) is 13.2. The molecule has 4 rings (SSSR count). The summed E-state index contributed by atoms with van der Waals surface area (Å²) >= 11 is 18.6. The zero-order chi connectivity index (χ0) is 34.8. The molecule has 0 spiro atoms. The fraction of sp³-hybridized carbons (Fsp3) is 0.278. The summed E-state index contributed by atoms with van der Waals surface area (Å²) in [5, 5.41) is 3.99. The third-order valence-corrected chi connectivity index (χ3v) is 10.5. The summed E-state index contributed by atoms with van der Waals surface area (Å²) in [6.07, 6.45) is 0.849. The Labute approximate surface area is 297 Å². The van der Waals surface area contributed by atoms with E-state index < -0.39 is 28.5 Å². The standard InChI is InChI=1S/C36H38Cl3N3O5S/c1-4-25(3)40-36(44)33(22-26-11-7-6-8-12-26)41(23-27-15-20-30(38)31(39)21-27)35(43)24-42(32-13-9-10-14-34(32)47-5-2)48(45,46)29-18-16-28(37)17-19-29/h6-21,25,33H,4-5,22-24H2,1-3H3,(H,40,44)/t25-,33+/m0/s1. The van der Waals surface area contributed by atoms with E-state index in [0.717, 1.165) is 9.87 Å². The normalized spacial score (nSPS) is 12.5. The Balaban J connectivity index is 1.86. The zero-order valence-corrected chi connectivity index (χ0v) is 30.0. The molecule has 0 radical (unpaired) electrons. The number of sulfonamides is 1. The quantitative estimate of drug-likeness (QED) is 0.135. The molecule has 0 aromatic heterocycles. The van der Waals surface area contributed by atoms with Crippen LogP contribution in [0.5, 0.6) is 5.75 Å². The van der Waals surface area contributed by atoms with E-state index in [1.54, 1.807) is 49.4 Å². The maximum Gasteiger partial charge on any atom is 0.264 e. The maximum absolute atomic E-state index is 14.7. The van der Waals surface area contributed by atoms with Crippen molar-refractivity contribution in [2.24, 2.45) is 0 Å². The van der Waals surface area contributed by atoms with Gasteiger partial charge in [0, 0.05) is 24.0 Å². The monoisotopic (exact) mass is 729 g/mol. The van der Waals surface area contributed by atoms with Crippen molar-refractivity contribution >= 4 is 62.3 Å². The first-order chi connectivity index (χ1) is 22.9. The largest absolute Gasteiger partial charge is 0.492 e. The molecule has 2 atom stereocenters. The van der Waals surface area contributed by atoms with Gasteiger partial charge in [0.15, 0.2) is 0 Å². The Morgan fingerprint density at radius 3 is 2.15 bits per heavy atom. The van der Waals surface area contributed by atoms with Crippen molar-refractivity contribution in [3.8, 4) is 5.75 Å². The van der Waals surface area contributed by atoms with Gasteiger partial charge < -0.3 is 15.0 Å². The van der Waals surface area contributed by atoms with E-state index in [2.05, 4.69) is 5.32 Å². The van der Waals surface area contributed by atoms with Crippen molar-refractivity contribution in [2.45, 2.75) is 57.1 Å². The highest BCUT2D eigenvalue weighted by molar-refractivity contribution is 7.92. The summed E-state index contributed by atoms with van der Waals surface area (Å²) in [7, 11) is -4.35. The van der Waals surface area contributed by atoms with Crippen LogP contribution >= 0.6 is 34.8 Å². The Hall–Kier alpha value is -3.76. The fourth-order valence-corrected chi connectivity index (χ4v) is 6.89. The molecule has 0 aliphatic carbocycles. The molecule has 0 unspecified atom stereocenters. The SMILES string of the molecule is CCOc1ccccc1N(CC(=O)N(Cc1ccc(Cl)c(Cl)c1)[C@H](Cc1ccccc1)C(=O)N[C@@H](C)CC)S(=O)(=O)c1ccc(Cl)cc1. The summed E-state index contributed by atoms with van der Waals surface area (Å²) in [4.78, 5) is 30.0. The molecule has 4 aromatic rings. The summed E-state index contributed by atoms with van der Waals surface area (Å²) in [5.41, 5.74) is 1.59. The smallest absolute Gasteiger partial charge is 0.264 e. The minimum atomic E-state index is -4.35. The topological polar surface area (TPSA) is 96.0 Å². The number of amides is 2. The number of nitrogens with one attached hydrogen (secondary N) is 1. The molecule has 0 bridgehead atoms. The lowest BCUT2D eigenvalue weighted by Crippen LogP contribution is -2.54. The summed E-state index contributed by atoms with van der Waals surface area (Å²) in [5.74, 6) is -0.717. The first-order valence-electron chi connectivity index (χ1n) is 15.5. The maximum atomic E-state index is 14.7. The van der Waals surface area contributed by atoms with Gasteiger partial charge in [-0.05, 0) is 79.9 Å². The molecule has 0 aliphatic rings. The third-order valence-electron chi connectivity index (χ3n) is 7.72. The second-order valence-electron chi connectivity index (χ2n) is 11.2. The van der Waals surface area contributed by atoms with Crippen LogP contribution in [-0.4, -0.2) is 50.4 Å². The number of carbonyl (C=O) groups excluding carboxylic acids is 2. The molecule has 2 amide bonds. The van der Waals surface area contributed by atoms with Gasteiger partial charge in [0.05, 0.1) is 27.2 Å². The van der Waals surface area contributed by atoms with Crippen molar-refractivity contribution in [2.75, 3.05) is 17.5 Å². The van der Waals surface area contributed by atoms with Crippen LogP contribution < -0.4 is 14.4 Å². The van der Waals surface area contributed by atoms with Crippen molar-refractivity contribution in [1.29, 1.82) is 0 Å². The Bertz CT molecular complexity index is 1810. The summed E-state index contributed by atoms with van der Waals surface area (Å²) in [6.45, 7) is 5.18. The van der Waals surface area contributed by atoms with E-state index in [4.69, 9.17) is 39.5 Å². The molecule has 0 saturated heterocycles. The van der Waals surface area contributed by atoms with E-state index in [1.807, 2.05) is 44.2 Å². The first-order valence-corrected chi connectivity index (χ1v) is 18.1. The van der Waals surface area contributed by atoms with Crippen LogP contribution in [0.1, 0.15) is 38.3 Å². The van der Waals surface area contributed by atoms with Crippen LogP contribution in [0, 0.1) is 0 Å². The number of hydrogen-bond acceptors (Lipinski definition) is 5. The highest BCUT2D eigenvalue weighted by Gasteiger charge is 2.36. The third kappa shape index (κ3) is 9.44. The van der Waals surface area contributed by atoms with E-state index in [1.165, 1.54) is 29.2 Å². The second-order valence-corrected chi connectivity index (χ2v) is 14.3. The Morgan fingerprint density at radius 1 is 0.833 bits per heavy atom. The van der Waals surface area contributed by atoms with Crippen molar-refractivity contribution in [1.82, 2.24) is 10.2 Å². The predicted molar refractivity (Wildman–Crippen MR) is 192 cm³/mol. The van der Waals surface area contributed by atoms with E-state index in [0.29, 0.717) is 22.0 Å². The molecule has 1 N–H and O–H groups in total. The van der Waals surface area contributed by atoms with E-state index in [9.17, 15) is 18.0 Å². The number of carbonyl (C=O) groups is 2. The van der Waals surface area contributed by atoms with Crippen LogP contribution in [0.15, 0.2) is 102 Å². The molecule has 8 nitrogen and oxygen atoms in total. The number of halogens is 3. The lowest BCUT2D eigenvalue weighted by atomic mass is 10.0. The van der Waals surface area contributed by atoms with Gasteiger partial charge in [-0.15, -0.1) is 0 Å². The van der Waals surface area contributed by atoms with Gasteiger partial charge in [-0.25, -0.2) is 8.42 Å². The predicted octanol–water partition coefficient (Wildman–Crippen LogP) is 7.80. The van der Waals surface area contributed by atoms with Crippen LogP contribution in [0.3, 0.4) is 0 Å². The van der Waals surface area contributed by atoms with Crippen LogP contribution in [0.4, 0.5) is 5.69 Å². The molecular weight excluding hydrogens is 693 g/mol. The lowest BCUT2D eigenvalue weighted by molar-refractivity contribution is -0.140. The average Bonchev–Trinajstić information content (AvgIpc) is 3.07. The molecule has 48 heavy (non-hydrogen) atoms. The van der Waals surface area contributed by atoms with Gasteiger partial charge in [0.1, 0.15) is 18.3 Å². The van der Waals surface area contributed by atoms with Gasteiger partial charge >= 0.3 is 0 Å². The minimum Gasteiger partial charge on any atom is -0.492 e. The number of rotatable bonds is 15. The lowest BCUT2D eigenvalue weighted by Gasteiger charge is -2.34. The Morgan fingerprint density at radius 2 is 1.50 bits per heavy atom. The number of ether oxygens (including phenoxy) is 1. The molecule has 254 valence electrons. The zero-order valence-electron chi connectivity index (χ0n) is 26.9. The van der Waals surface area contributed by atoms with Crippen LogP contribution in [-0.2, 0) is 32.6 Å². The van der Waals surface area contributed by atoms with Crippen molar-refractivity contribution in [3.05, 3.63) is 123 Å². The minimum absolute atomic E-state index is 0.0525. The highest BCUT2D eigenvalue weighted by Crippen LogP contribution is 2.33. The van der Waals surface area contributed by atoms with Crippen molar-refractivity contribution in [3.63, 3.8) is 0 Å². The molecule has 12 heteroatoms. The van der Waals surface area contributed by atoms with Gasteiger partial charge in [-0.1, -0.05) is 90.3 Å². The van der Waals surface area contributed by atoms with Gasteiger partial charge in [-0.2, -0.15) is 0 Å². The summed E-state index contributed by atoms with van der Waals surface area (Å²) < 4.78 is 35.5. The van der Waals surface area contributed by atoms with Crippen LogP contribution in [0.25, 0.3) is 0 Å². The molecular formula is C36H38Cl3N3O5S. The number of hydrogen-bond donors (Lipinski definition) is 1. The second kappa shape index (κ2) is 17.1. The van der Waals surface area contributed by atoms with Crippen LogP contribution in [0.2, 0.25) is 15.1 Å². The number of para-hydroxylation sites is 2. The van der Waals surface area contributed by atoms with E-state index in [-0.39, 0.29) is 52.9 Å². The first kappa shape index (κ1) is 37.1. The molecule has 0 saturated carbocycles. The highest BCUT2D eigenvalue weighted by atomic mass is 35.5. The van der Waals surface area contributed by atoms with Gasteiger partial charge in [-0.3, -0.25) is 13.9 Å². The molecule has 0 fully saturated rings. The number of benzene rings is 4. The number of anilines is 1. The molecule has 4 aromatic carbocycles. The van der Waals surface area contributed by atoms with Gasteiger partial charge in [0.25, 0.3) is 10.0 Å². The van der Waals surface area contributed by atoms with E-state index >= 15 is 0 Å².